The zero-order valence-electron chi connectivity index (χ0n) is 20.8. The molecule has 30 heavy (non-hydrogen) atoms. The Bertz CT molecular complexity index is 346. The number of unbranched alkanes of at least 4 members (excludes halogenated alkanes) is 13. The molecular formula is C27H55NO2. The molecule has 0 bridgehead atoms. The van der Waals surface area contributed by atoms with E-state index in [1.165, 1.54) is 109 Å². The van der Waals surface area contributed by atoms with Gasteiger partial charge in [0.05, 0.1) is 12.4 Å². The van der Waals surface area contributed by atoms with Crippen LogP contribution in [-0.2, 0) is 4.74 Å². The lowest BCUT2D eigenvalue weighted by Crippen LogP contribution is -2.27. The summed E-state index contributed by atoms with van der Waals surface area (Å²) in [6, 6.07) is 0. The van der Waals surface area contributed by atoms with E-state index in [1.807, 2.05) is 0 Å². The van der Waals surface area contributed by atoms with E-state index >= 15 is 0 Å². The molecule has 0 radical (unpaired) electrons. The van der Waals surface area contributed by atoms with Crippen LogP contribution in [0.1, 0.15) is 129 Å². The second-order valence-corrected chi connectivity index (χ2v) is 9.01. The molecule has 0 aromatic heterocycles. The highest BCUT2D eigenvalue weighted by molar-refractivity contribution is 4.81. The molecule has 0 rings (SSSR count). The van der Waals surface area contributed by atoms with Gasteiger partial charge in [0.1, 0.15) is 0 Å². The molecule has 0 aliphatic heterocycles. The van der Waals surface area contributed by atoms with Crippen LogP contribution in [0.15, 0.2) is 12.3 Å². The van der Waals surface area contributed by atoms with Gasteiger partial charge >= 0.3 is 0 Å². The minimum Gasteiger partial charge on any atom is -0.499 e. The van der Waals surface area contributed by atoms with Crippen LogP contribution in [-0.4, -0.2) is 42.9 Å². The molecule has 0 heterocycles. The van der Waals surface area contributed by atoms with Crippen LogP contribution >= 0.6 is 0 Å². The number of aliphatic hydroxyl groups excluding tert-OH is 1. The summed E-state index contributed by atoms with van der Waals surface area (Å²) in [5, 5.41) is 9.13. The third-order valence-corrected chi connectivity index (χ3v) is 5.94. The molecule has 0 aromatic rings. The van der Waals surface area contributed by atoms with Crippen LogP contribution in [0, 0.1) is 0 Å². The van der Waals surface area contributed by atoms with Gasteiger partial charge in [-0.05, 0) is 45.2 Å². The summed E-state index contributed by atoms with van der Waals surface area (Å²) >= 11 is 0. The van der Waals surface area contributed by atoms with E-state index in [2.05, 4.69) is 25.3 Å². The smallest absolute Gasteiger partial charge is 0.0888 e. The molecule has 0 fully saturated rings. The number of rotatable bonds is 25. The van der Waals surface area contributed by atoms with E-state index in [0.717, 1.165) is 38.2 Å². The molecule has 0 saturated carbocycles. The van der Waals surface area contributed by atoms with Gasteiger partial charge in [-0.25, -0.2) is 0 Å². The fourth-order valence-electron chi connectivity index (χ4n) is 3.93. The Morgan fingerprint density at radius 1 is 0.633 bits per heavy atom. The molecule has 0 aliphatic carbocycles. The lowest BCUT2D eigenvalue weighted by atomic mass is 10.1. The van der Waals surface area contributed by atoms with Crippen LogP contribution in [0.25, 0.3) is 0 Å². The maximum atomic E-state index is 9.13. The summed E-state index contributed by atoms with van der Waals surface area (Å²) in [6.07, 6.45) is 23.0. The maximum absolute atomic E-state index is 9.13. The molecular weight excluding hydrogens is 370 g/mol. The summed E-state index contributed by atoms with van der Waals surface area (Å²) in [6.45, 7) is 13.2. The second kappa shape index (κ2) is 24.7. The predicted molar refractivity (Wildman–Crippen MR) is 133 cm³/mol. The zero-order valence-corrected chi connectivity index (χ0v) is 20.8. The van der Waals surface area contributed by atoms with Crippen molar-refractivity contribution in [2.24, 2.45) is 0 Å². The lowest BCUT2D eigenvalue weighted by molar-refractivity contribution is 0.193. The third kappa shape index (κ3) is 22.2. The van der Waals surface area contributed by atoms with Crippen molar-refractivity contribution < 1.29 is 9.84 Å². The predicted octanol–water partition coefficient (Wildman–Crippen LogP) is 7.87. The number of allylic oxidation sites excluding steroid dienone is 1. The van der Waals surface area contributed by atoms with Crippen molar-refractivity contribution in [3.05, 3.63) is 12.3 Å². The van der Waals surface area contributed by atoms with Gasteiger partial charge in [-0.3, -0.25) is 0 Å². The van der Waals surface area contributed by atoms with Crippen molar-refractivity contribution in [3.63, 3.8) is 0 Å². The van der Waals surface area contributed by atoms with Crippen LogP contribution < -0.4 is 0 Å². The largest absolute Gasteiger partial charge is 0.499 e. The summed E-state index contributed by atoms with van der Waals surface area (Å²) in [5.74, 6) is 0.988. The number of hydrogen-bond acceptors (Lipinski definition) is 3. The first-order valence-electron chi connectivity index (χ1n) is 13.4. The molecule has 0 saturated heterocycles. The zero-order chi connectivity index (χ0) is 22.1. The van der Waals surface area contributed by atoms with Gasteiger partial charge in [0.2, 0.25) is 0 Å². The normalized spacial score (nSPS) is 11.3. The summed E-state index contributed by atoms with van der Waals surface area (Å²) in [4.78, 5) is 2.56. The fourth-order valence-corrected chi connectivity index (χ4v) is 3.93. The fraction of sp³-hybridized carbons (Fsp3) is 0.926. The average molecular weight is 426 g/mol. The van der Waals surface area contributed by atoms with Gasteiger partial charge in [-0.2, -0.15) is 0 Å². The monoisotopic (exact) mass is 425 g/mol. The molecule has 1 N–H and O–H groups in total. The number of ether oxygens (including phenoxy) is 1. The minimum absolute atomic E-state index is 0.312. The Morgan fingerprint density at radius 3 is 1.67 bits per heavy atom. The molecule has 0 atom stereocenters. The van der Waals surface area contributed by atoms with E-state index in [4.69, 9.17) is 9.84 Å². The van der Waals surface area contributed by atoms with Gasteiger partial charge in [0.15, 0.2) is 0 Å². The second-order valence-electron chi connectivity index (χ2n) is 9.01. The first kappa shape index (κ1) is 29.5. The molecule has 0 aromatic carbocycles. The van der Waals surface area contributed by atoms with Gasteiger partial charge in [0, 0.05) is 19.6 Å². The third-order valence-electron chi connectivity index (χ3n) is 5.94. The number of hydrogen-bond donors (Lipinski definition) is 1. The highest BCUT2D eigenvalue weighted by atomic mass is 16.5. The SMILES string of the molecule is C=C(CCCCCCCCC)OCCCCCCN(CCCO)CCCCCCC. The quantitative estimate of drug-likeness (QED) is 0.119. The molecule has 3 heteroatoms. The average Bonchev–Trinajstić information content (AvgIpc) is 2.75. The first-order chi connectivity index (χ1) is 14.7. The van der Waals surface area contributed by atoms with Crippen molar-refractivity contribution in [2.75, 3.05) is 32.8 Å². The van der Waals surface area contributed by atoms with Crippen molar-refractivity contribution in [2.45, 2.75) is 129 Å². The topological polar surface area (TPSA) is 32.7 Å². The van der Waals surface area contributed by atoms with Crippen LogP contribution in [0.3, 0.4) is 0 Å². The summed E-state index contributed by atoms with van der Waals surface area (Å²) < 4.78 is 5.82. The van der Waals surface area contributed by atoms with Crippen LogP contribution in [0.4, 0.5) is 0 Å². The van der Waals surface area contributed by atoms with E-state index in [0.29, 0.717) is 6.61 Å². The van der Waals surface area contributed by atoms with Gasteiger partial charge in [0.25, 0.3) is 0 Å². The number of nitrogens with zero attached hydrogens (tertiary/aromatic N) is 1. The molecule has 3 nitrogen and oxygen atoms in total. The minimum atomic E-state index is 0.312. The summed E-state index contributed by atoms with van der Waals surface area (Å²) in [7, 11) is 0. The molecule has 0 unspecified atom stereocenters. The van der Waals surface area contributed by atoms with Gasteiger partial charge in [-0.15, -0.1) is 0 Å². The highest BCUT2D eigenvalue weighted by Gasteiger charge is 2.04. The molecule has 180 valence electrons. The van der Waals surface area contributed by atoms with E-state index in [1.54, 1.807) is 0 Å². The van der Waals surface area contributed by atoms with Crippen LogP contribution in [0.5, 0.6) is 0 Å². The van der Waals surface area contributed by atoms with Crippen LogP contribution in [0.2, 0.25) is 0 Å². The molecule has 0 amide bonds. The Balaban J connectivity index is 3.54. The Labute approximate surface area is 189 Å². The Hall–Kier alpha value is -0.540. The Morgan fingerprint density at radius 2 is 1.10 bits per heavy atom. The van der Waals surface area contributed by atoms with Crippen molar-refractivity contribution in [1.82, 2.24) is 4.90 Å². The first-order valence-corrected chi connectivity index (χ1v) is 13.4. The molecule has 0 spiro atoms. The van der Waals surface area contributed by atoms with Gasteiger partial charge in [-0.1, -0.05) is 97.5 Å². The van der Waals surface area contributed by atoms with Crippen molar-refractivity contribution in [1.29, 1.82) is 0 Å². The van der Waals surface area contributed by atoms with Crippen molar-refractivity contribution >= 4 is 0 Å². The molecule has 0 aliphatic rings. The lowest BCUT2D eigenvalue weighted by Gasteiger charge is -2.22. The van der Waals surface area contributed by atoms with E-state index < -0.39 is 0 Å². The van der Waals surface area contributed by atoms with E-state index in [-0.39, 0.29) is 0 Å². The standard InChI is InChI=1S/C27H55NO2/c1-4-6-8-10-11-12-16-21-27(3)30-26-19-15-14-18-23-28(24-20-25-29)22-17-13-9-7-5-2/h29H,3-26H2,1-2H3. The van der Waals surface area contributed by atoms with Crippen molar-refractivity contribution in [3.8, 4) is 0 Å². The van der Waals surface area contributed by atoms with Gasteiger partial charge < -0.3 is 14.7 Å². The highest BCUT2D eigenvalue weighted by Crippen LogP contribution is 2.13. The van der Waals surface area contributed by atoms with E-state index in [9.17, 15) is 0 Å². The summed E-state index contributed by atoms with van der Waals surface area (Å²) in [5.41, 5.74) is 0. The maximum Gasteiger partial charge on any atom is 0.0888 e. The Kier molecular flexibility index (Phi) is 24.3. The number of aliphatic hydroxyl groups is 1.